The molecule has 0 saturated heterocycles. The third-order valence-electron chi connectivity index (χ3n) is 6.39. The van der Waals surface area contributed by atoms with Crippen molar-refractivity contribution in [2.75, 3.05) is 6.61 Å². The highest BCUT2D eigenvalue weighted by atomic mass is 127. The standard InChI is InChI=1S/C30H21Cl2FI2N2O4S/c1-3-40-29(39)25-15(2)36-30-37(26(25)17-5-7-19(33)8-6-17)28(38)24(42-30)12-18-11-20(34)13-23(35)27(18)41-14-16-4-9-21(31)22(32)10-16/h4-13,26H,3,14H2,1-2H3/b24-12-/t26-/m1/s1. The van der Waals surface area contributed by atoms with E-state index in [0.717, 1.165) is 12.7 Å². The summed E-state index contributed by atoms with van der Waals surface area (Å²) in [4.78, 5) is 32.1. The van der Waals surface area contributed by atoms with Gasteiger partial charge in [0.05, 0.1) is 42.1 Å². The van der Waals surface area contributed by atoms with E-state index in [1.54, 1.807) is 44.2 Å². The molecule has 3 aromatic carbocycles. The summed E-state index contributed by atoms with van der Waals surface area (Å²) >= 11 is 17.9. The van der Waals surface area contributed by atoms with Crippen molar-refractivity contribution in [2.24, 2.45) is 4.99 Å². The Morgan fingerprint density at radius 2 is 1.86 bits per heavy atom. The molecule has 0 saturated carbocycles. The van der Waals surface area contributed by atoms with Crippen LogP contribution in [0.3, 0.4) is 0 Å². The number of carbonyl (C=O) groups is 1. The van der Waals surface area contributed by atoms with Gasteiger partial charge >= 0.3 is 5.97 Å². The van der Waals surface area contributed by atoms with Crippen LogP contribution >= 0.6 is 79.7 Å². The van der Waals surface area contributed by atoms with Gasteiger partial charge in [-0.1, -0.05) is 52.7 Å². The maximum Gasteiger partial charge on any atom is 0.338 e. The molecule has 4 aromatic rings. The fourth-order valence-electron chi connectivity index (χ4n) is 4.52. The molecular formula is C30H21Cl2FI2N2O4S. The summed E-state index contributed by atoms with van der Waals surface area (Å²) in [6.07, 6.45) is 1.77. The Bertz CT molecular complexity index is 1920. The topological polar surface area (TPSA) is 69.9 Å². The number of aromatic nitrogens is 1. The first-order valence-electron chi connectivity index (χ1n) is 12.6. The van der Waals surface area contributed by atoms with Crippen LogP contribution in [0.4, 0.5) is 4.39 Å². The molecule has 0 unspecified atom stereocenters. The van der Waals surface area contributed by atoms with Crippen LogP contribution in [-0.2, 0) is 16.1 Å². The molecule has 2 heterocycles. The predicted octanol–water partition coefficient (Wildman–Crippen LogP) is 7.03. The fraction of sp³-hybridized carbons (Fsp3) is 0.167. The molecule has 0 fully saturated rings. The Kier molecular flexibility index (Phi) is 9.77. The van der Waals surface area contributed by atoms with Gasteiger partial charge in [-0.3, -0.25) is 9.36 Å². The Hall–Kier alpha value is -2.26. The molecular weight excluding hydrogens is 828 g/mol. The fourth-order valence-corrected chi connectivity index (χ4v) is 7.92. The third kappa shape index (κ3) is 6.47. The minimum atomic E-state index is -0.829. The average Bonchev–Trinajstić information content (AvgIpc) is 3.24. The zero-order valence-electron chi connectivity index (χ0n) is 22.1. The minimum Gasteiger partial charge on any atom is -0.487 e. The molecule has 12 heteroatoms. The van der Waals surface area contributed by atoms with Crippen LogP contribution in [0.2, 0.25) is 10.0 Å². The molecule has 5 rings (SSSR count). The van der Waals surface area contributed by atoms with Crippen LogP contribution in [0.15, 0.2) is 75.7 Å². The largest absolute Gasteiger partial charge is 0.487 e. The number of halogens is 5. The second-order valence-corrected chi connectivity index (χ2v) is 13.4. The number of ether oxygens (including phenoxy) is 2. The summed E-state index contributed by atoms with van der Waals surface area (Å²) in [5.41, 5.74) is 2.44. The molecule has 0 bridgehead atoms. The van der Waals surface area contributed by atoms with Gasteiger partial charge in [-0.15, -0.1) is 0 Å². The second-order valence-electron chi connectivity index (χ2n) is 9.20. The number of esters is 1. The number of benzene rings is 3. The van der Waals surface area contributed by atoms with Crippen molar-refractivity contribution in [3.05, 3.63) is 125 Å². The van der Waals surface area contributed by atoms with Crippen molar-refractivity contribution < 1.29 is 18.7 Å². The zero-order valence-corrected chi connectivity index (χ0v) is 28.7. The van der Waals surface area contributed by atoms with E-state index in [1.165, 1.54) is 28.0 Å². The van der Waals surface area contributed by atoms with Crippen molar-refractivity contribution in [2.45, 2.75) is 26.5 Å². The van der Waals surface area contributed by atoms with Crippen LogP contribution in [-0.4, -0.2) is 17.1 Å². The van der Waals surface area contributed by atoms with Crippen molar-refractivity contribution in [3.63, 3.8) is 0 Å². The minimum absolute atomic E-state index is 0.159. The molecule has 0 aliphatic carbocycles. The van der Waals surface area contributed by atoms with E-state index < -0.39 is 17.8 Å². The number of nitrogens with zero attached hydrogens (tertiary/aromatic N) is 2. The summed E-state index contributed by atoms with van der Waals surface area (Å²) in [6.45, 7) is 3.81. The van der Waals surface area contributed by atoms with E-state index in [2.05, 4.69) is 50.2 Å². The number of carbonyl (C=O) groups excluding carboxylic acids is 1. The van der Waals surface area contributed by atoms with E-state index >= 15 is 0 Å². The number of fused-ring (bicyclic) bond motifs is 1. The second kappa shape index (κ2) is 13.2. The lowest BCUT2D eigenvalue weighted by molar-refractivity contribution is -0.139. The van der Waals surface area contributed by atoms with Crippen LogP contribution in [0.5, 0.6) is 5.75 Å². The van der Waals surface area contributed by atoms with Crippen LogP contribution < -0.4 is 19.6 Å². The number of rotatable bonds is 7. The van der Waals surface area contributed by atoms with E-state index in [0.29, 0.717) is 42.0 Å². The molecule has 6 nitrogen and oxygen atoms in total. The van der Waals surface area contributed by atoms with Gasteiger partial charge in [0.1, 0.15) is 18.2 Å². The number of hydrogen-bond acceptors (Lipinski definition) is 6. The van der Waals surface area contributed by atoms with Crippen molar-refractivity contribution >= 4 is 91.8 Å². The highest BCUT2D eigenvalue weighted by Crippen LogP contribution is 2.32. The van der Waals surface area contributed by atoms with Gasteiger partial charge in [0.15, 0.2) is 4.80 Å². The molecule has 216 valence electrons. The van der Waals surface area contributed by atoms with E-state index in [-0.39, 0.29) is 24.3 Å². The Morgan fingerprint density at radius 3 is 2.55 bits per heavy atom. The summed E-state index contributed by atoms with van der Waals surface area (Å²) in [7, 11) is 0. The normalized spacial score (nSPS) is 14.9. The lowest BCUT2D eigenvalue weighted by Gasteiger charge is -2.24. The van der Waals surface area contributed by atoms with Gasteiger partial charge in [-0.05, 0) is 113 Å². The first-order chi connectivity index (χ1) is 20.1. The van der Waals surface area contributed by atoms with Gasteiger partial charge < -0.3 is 9.47 Å². The summed E-state index contributed by atoms with van der Waals surface area (Å²) in [5.74, 6) is -0.398. The first kappa shape index (κ1) is 31.2. The zero-order chi connectivity index (χ0) is 30.1. The van der Waals surface area contributed by atoms with Gasteiger partial charge in [-0.25, -0.2) is 14.2 Å². The average molecular weight is 849 g/mol. The SMILES string of the molecule is CCOC(=O)C1=C(C)N=c2s/c(=C\c3cc(I)cc(I)c3OCc3ccc(Cl)c(Cl)c3)c(=O)n2[C@@H]1c1ccc(F)cc1. The quantitative estimate of drug-likeness (QED) is 0.148. The molecule has 0 radical (unpaired) electrons. The molecule has 1 aliphatic rings. The molecule has 42 heavy (non-hydrogen) atoms. The maximum absolute atomic E-state index is 14.0. The number of hydrogen-bond donors (Lipinski definition) is 0. The molecule has 1 aliphatic heterocycles. The molecule has 1 aromatic heterocycles. The maximum atomic E-state index is 14.0. The number of thiazole rings is 1. The molecule has 0 spiro atoms. The summed E-state index contributed by atoms with van der Waals surface area (Å²) in [6, 6.07) is 14.1. The summed E-state index contributed by atoms with van der Waals surface area (Å²) < 4.78 is 29.1. The Labute approximate surface area is 281 Å². The molecule has 0 amide bonds. The predicted molar refractivity (Wildman–Crippen MR) is 179 cm³/mol. The van der Waals surface area contributed by atoms with Crippen LogP contribution in [0.25, 0.3) is 6.08 Å². The molecule has 0 N–H and O–H groups in total. The highest BCUT2D eigenvalue weighted by Gasteiger charge is 2.33. The first-order valence-corrected chi connectivity index (χ1v) is 16.3. The smallest absolute Gasteiger partial charge is 0.338 e. The Balaban J connectivity index is 1.63. The van der Waals surface area contributed by atoms with E-state index in [9.17, 15) is 14.0 Å². The Morgan fingerprint density at radius 1 is 1.12 bits per heavy atom. The van der Waals surface area contributed by atoms with Crippen molar-refractivity contribution in [3.8, 4) is 5.75 Å². The molecule has 1 atom stereocenters. The van der Waals surface area contributed by atoms with Crippen LogP contribution in [0.1, 0.15) is 36.6 Å². The lowest BCUT2D eigenvalue weighted by Crippen LogP contribution is -2.39. The monoisotopic (exact) mass is 848 g/mol. The summed E-state index contributed by atoms with van der Waals surface area (Å²) in [5, 5.41) is 0.894. The van der Waals surface area contributed by atoms with Gasteiger partial charge in [0.25, 0.3) is 5.56 Å². The van der Waals surface area contributed by atoms with Gasteiger partial charge in [-0.2, -0.15) is 0 Å². The lowest BCUT2D eigenvalue weighted by atomic mass is 9.96. The van der Waals surface area contributed by atoms with Crippen molar-refractivity contribution in [1.82, 2.24) is 4.57 Å². The van der Waals surface area contributed by atoms with E-state index in [1.807, 2.05) is 18.2 Å². The highest BCUT2D eigenvalue weighted by molar-refractivity contribution is 14.1. The number of allylic oxidation sites excluding steroid dienone is 1. The van der Waals surface area contributed by atoms with Crippen LogP contribution in [0, 0.1) is 13.0 Å². The van der Waals surface area contributed by atoms with Crippen molar-refractivity contribution in [1.29, 1.82) is 0 Å². The third-order valence-corrected chi connectivity index (χ3v) is 9.54. The van der Waals surface area contributed by atoms with E-state index in [4.69, 9.17) is 32.7 Å². The van der Waals surface area contributed by atoms with Gasteiger partial charge in [0.2, 0.25) is 0 Å². The van der Waals surface area contributed by atoms with Gasteiger partial charge in [0, 0.05) is 9.13 Å².